The third-order valence-corrected chi connectivity index (χ3v) is 3.08. The summed E-state index contributed by atoms with van der Waals surface area (Å²) in [5.41, 5.74) is 13.8. The lowest BCUT2D eigenvalue weighted by Gasteiger charge is -2.07. The van der Waals surface area contributed by atoms with E-state index in [0.717, 1.165) is 10.0 Å². The molecule has 98 valence electrons. The molecule has 0 aliphatic heterocycles. The zero-order chi connectivity index (χ0) is 13.8. The summed E-state index contributed by atoms with van der Waals surface area (Å²) in [5, 5.41) is 2.83. The topological polar surface area (TPSA) is 81.1 Å². The molecule has 5 N–H and O–H groups in total. The van der Waals surface area contributed by atoms with Crippen molar-refractivity contribution in [2.45, 2.75) is 6.54 Å². The number of carbonyl (C=O) groups is 1. The van der Waals surface area contributed by atoms with Crippen LogP contribution in [0.25, 0.3) is 0 Å². The van der Waals surface area contributed by atoms with Gasteiger partial charge in [-0.1, -0.05) is 28.1 Å². The van der Waals surface area contributed by atoms with E-state index in [9.17, 15) is 4.79 Å². The molecule has 4 nitrogen and oxygen atoms in total. The molecular formula is C14H14BrN3O. The number of amides is 1. The minimum absolute atomic E-state index is 0.195. The number of hydrogen-bond donors (Lipinski definition) is 3. The lowest BCUT2D eigenvalue weighted by atomic mass is 10.1. The average molecular weight is 320 g/mol. The Hall–Kier alpha value is -2.01. The van der Waals surface area contributed by atoms with E-state index >= 15 is 0 Å². The summed E-state index contributed by atoms with van der Waals surface area (Å²) in [6.45, 7) is 0.451. The molecule has 0 aliphatic rings. The van der Waals surface area contributed by atoms with Gasteiger partial charge in [-0.3, -0.25) is 4.79 Å². The summed E-state index contributed by atoms with van der Waals surface area (Å²) in [7, 11) is 0. The van der Waals surface area contributed by atoms with Crippen molar-refractivity contribution in [3.63, 3.8) is 0 Å². The van der Waals surface area contributed by atoms with Crippen molar-refractivity contribution in [2.75, 3.05) is 11.5 Å². The number of carbonyl (C=O) groups excluding carboxylic acids is 1. The van der Waals surface area contributed by atoms with Crippen LogP contribution in [0.4, 0.5) is 11.4 Å². The maximum atomic E-state index is 12.0. The summed E-state index contributed by atoms with van der Waals surface area (Å²) in [4.78, 5) is 12.0. The Morgan fingerprint density at radius 2 is 1.79 bits per heavy atom. The number of benzene rings is 2. The van der Waals surface area contributed by atoms with E-state index in [4.69, 9.17) is 11.5 Å². The molecule has 0 aromatic heterocycles. The number of rotatable bonds is 3. The van der Waals surface area contributed by atoms with Crippen LogP contribution >= 0.6 is 15.9 Å². The van der Waals surface area contributed by atoms with Crippen molar-refractivity contribution in [1.82, 2.24) is 5.32 Å². The average Bonchev–Trinajstić information content (AvgIpc) is 2.35. The Morgan fingerprint density at radius 3 is 2.42 bits per heavy atom. The lowest BCUT2D eigenvalue weighted by Crippen LogP contribution is -2.23. The summed E-state index contributed by atoms with van der Waals surface area (Å²) >= 11 is 3.39. The first-order valence-corrected chi connectivity index (χ1v) is 6.52. The maximum Gasteiger partial charge on any atom is 0.251 e. The van der Waals surface area contributed by atoms with Crippen molar-refractivity contribution in [1.29, 1.82) is 0 Å². The normalized spacial score (nSPS) is 10.2. The fourth-order valence-corrected chi connectivity index (χ4v) is 2.19. The van der Waals surface area contributed by atoms with Crippen LogP contribution < -0.4 is 16.8 Å². The second kappa shape index (κ2) is 5.75. The summed E-state index contributed by atoms with van der Waals surface area (Å²) < 4.78 is 0.979. The van der Waals surface area contributed by atoms with Gasteiger partial charge in [-0.15, -0.1) is 0 Å². The van der Waals surface area contributed by atoms with Gasteiger partial charge in [0.1, 0.15) is 0 Å². The molecule has 1 amide bonds. The highest BCUT2D eigenvalue weighted by atomic mass is 79.9. The van der Waals surface area contributed by atoms with Crippen LogP contribution in [0.5, 0.6) is 0 Å². The standard InChI is InChI=1S/C14H14BrN3O/c15-11-3-1-2-9(4-11)8-18-14(19)10-5-12(16)7-13(17)6-10/h1-7H,8,16-17H2,(H,18,19). The molecule has 2 aromatic carbocycles. The maximum absolute atomic E-state index is 12.0. The largest absolute Gasteiger partial charge is 0.399 e. The molecule has 0 heterocycles. The monoisotopic (exact) mass is 319 g/mol. The molecule has 0 saturated carbocycles. The van der Waals surface area contributed by atoms with Crippen LogP contribution in [-0.4, -0.2) is 5.91 Å². The number of nitrogens with one attached hydrogen (secondary N) is 1. The first kappa shape index (κ1) is 13.4. The molecular weight excluding hydrogens is 306 g/mol. The molecule has 0 spiro atoms. The molecule has 5 heteroatoms. The number of hydrogen-bond acceptors (Lipinski definition) is 3. The highest BCUT2D eigenvalue weighted by Gasteiger charge is 2.07. The fraction of sp³-hybridized carbons (Fsp3) is 0.0714. The van der Waals surface area contributed by atoms with Crippen molar-refractivity contribution in [3.8, 4) is 0 Å². The van der Waals surface area contributed by atoms with Gasteiger partial charge in [-0.25, -0.2) is 0 Å². The van der Waals surface area contributed by atoms with Gasteiger partial charge in [-0.2, -0.15) is 0 Å². The van der Waals surface area contributed by atoms with E-state index in [0.29, 0.717) is 23.5 Å². The summed E-state index contributed by atoms with van der Waals surface area (Å²) in [6, 6.07) is 12.6. The molecule has 0 bridgehead atoms. The van der Waals surface area contributed by atoms with Gasteiger partial charge >= 0.3 is 0 Å². The molecule has 2 aromatic rings. The molecule has 0 fully saturated rings. The van der Waals surface area contributed by atoms with Crippen LogP contribution in [0, 0.1) is 0 Å². The Labute approximate surface area is 119 Å². The SMILES string of the molecule is Nc1cc(N)cc(C(=O)NCc2cccc(Br)c2)c1. The third kappa shape index (κ3) is 3.72. The smallest absolute Gasteiger partial charge is 0.251 e. The van der Waals surface area contributed by atoms with Gasteiger partial charge in [0.2, 0.25) is 0 Å². The fourth-order valence-electron chi connectivity index (χ4n) is 1.74. The highest BCUT2D eigenvalue weighted by Crippen LogP contribution is 2.14. The number of anilines is 2. The Morgan fingerprint density at radius 1 is 1.11 bits per heavy atom. The Balaban J connectivity index is 2.05. The summed E-state index contributed by atoms with van der Waals surface area (Å²) in [6.07, 6.45) is 0. The third-order valence-electron chi connectivity index (χ3n) is 2.58. The van der Waals surface area contributed by atoms with E-state index in [1.807, 2.05) is 24.3 Å². The minimum Gasteiger partial charge on any atom is -0.399 e. The van der Waals surface area contributed by atoms with E-state index in [1.54, 1.807) is 18.2 Å². The number of halogens is 1. The number of nitrogen functional groups attached to an aromatic ring is 2. The predicted molar refractivity (Wildman–Crippen MR) is 80.6 cm³/mol. The first-order valence-electron chi connectivity index (χ1n) is 5.73. The highest BCUT2D eigenvalue weighted by molar-refractivity contribution is 9.10. The molecule has 0 radical (unpaired) electrons. The number of nitrogens with two attached hydrogens (primary N) is 2. The summed E-state index contributed by atoms with van der Waals surface area (Å²) in [5.74, 6) is -0.195. The minimum atomic E-state index is -0.195. The molecule has 19 heavy (non-hydrogen) atoms. The molecule has 2 rings (SSSR count). The second-order valence-electron chi connectivity index (χ2n) is 4.20. The molecule has 0 unspecified atom stereocenters. The van der Waals surface area contributed by atoms with E-state index in [-0.39, 0.29) is 5.91 Å². The predicted octanol–water partition coefficient (Wildman–Crippen LogP) is 2.54. The Kier molecular flexibility index (Phi) is 4.06. The van der Waals surface area contributed by atoms with Crippen LogP contribution in [0.3, 0.4) is 0 Å². The zero-order valence-electron chi connectivity index (χ0n) is 10.2. The van der Waals surface area contributed by atoms with E-state index in [1.165, 1.54) is 0 Å². The molecule has 0 aliphatic carbocycles. The van der Waals surface area contributed by atoms with Crippen molar-refractivity contribution in [3.05, 3.63) is 58.1 Å². The van der Waals surface area contributed by atoms with Crippen LogP contribution in [-0.2, 0) is 6.54 Å². The van der Waals surface area contributed by atoms with Gasteiger partial charge in [-0.05, 0) is 35.9 Å². The van der Waals surface area contributed by atoms with Crippen LogP contribution in [0.15, 0.2) is 46.9 Å². The molecule has 0 saturated heterocycles. The zero-order valence-corrected chi connectivity index (χ0v) is 11.8. The van der Waals surface area contributed by atoms with E-state index in [2.05, 4.69) is 21.2 Å². The first-order chi connectivity index (χ1) is 9.04. The van der Waals surface area contributed by atoms with Gasteiger partial charge in [0.25, 0.3) is 5.91 Å². The van der Waals surface area contributed by atoms with Crippen molar-refractivity contribution in [2.24, 2.45) is 0 Å². The Bertz CT molecular complexity index is 593. The van der Waals surface area contributed by atoms with Crippen LogP contribution in [0.2, 0.25) is 0 Å². The van der Waals surface area contributed by atoms with Gasteiger partial charge in [0.15, 0.2) is 0 Å². The molecule has 0 atom stereocenters. The lowest BCUT2D eigenvalue weighted by molar-refractivity contribution is 0.0951. The van der Waals surface area contributed by atoms with Crippen molar-refractivity contribution < 1.29 is 4.79 Å². The van der Waals surface area contributed by atoms with Crippen LogP contribution in [0.1, 0.15) is 15.9 Å². The second-order valence-corrected chi connectivity index (χ2v) is 5.12. The van der Waals surface area contributed by atoms with Gasteiger partial charge < -0.3 is 16.8 Å². The van der Waals surface area contributed by atoms with Gasteiger partial charge in [0.05, 0.1) is 0 Å². The van der Waals surface area contributed by atoms with E-state index < -0.39 is 0 Å². The quantitative estimate of drug-likeness (QED) is 0.760. The van der Waals surface area contributed by atoms with Crippen molar-refractivity contribution >= 4 is 33.2 Å². The van der Waals surface area contributed by atoms with Gasteiger partial charge in [0, 0.05) is 28.0 Å².